The van der Waals surface area contributed by atoms with Crippen molar-refractivity contribution >= 4 is 17.9 Å². The van der Waals surface area contributed by atoms with Gasteiger partial charge in [-0.2, -0.15) is 0 Å². The van der Waals surface area contributed by atoms with Gasteiger partial charge in [-0.3, -0.25) is 4.79 Å². The molecule has 0 atom stereocenters. The monoisotopic (exact) mass is 235 g/mol. The molecule has 0 amide bonds. The van der Waals surface area contributed by atoms with E-state index in [9.17, 15) is 9.18 Å². The summed E-state index contributed by atoms with van der Waals surface area (Å²) in [6.45, 7) is 0. The van der Waals surface area contributed by atoms with Gasteiger partial charge in [0.15, 0.2) is 6.29 Å². The predicted octanol–water partition coefficient (Wildman–Crippen LogP) is 3.35. The molecule has 0 saturated carbocycles. The Labute approximate surface area is 96.7 Å². The number of nitrogens with zero attached hydrogens (tertiary/aromatic N) is 1. The highest BCUT2D eigenvalue weighted by atomic mass is 35.5. The first-order chi connectivity index (χ1) is 7.70. The summed E-state index contributed by atoms with van der Waals surface area (Å²) in [4.78, 5) is 14.8. The molecule has 0 spiro atoms. The van der Waals surface area contributed by atoms with Crippen molar-refractivity contribution in [2.24, 2.45) is 0 Å². The summed E-state index contributed by atoms with van der Waals surface area (Å²) < 4.78 is 13.1. The van der Waals surface area contributed by atoms with Crippen LogP contribution in [0.15, 0.2) is 36.4 Å². The summed E-state index contributed by atoms with van der Waals surface area (Å²) in [6.07, 6.45) is 0.664. The molecule has 1 heterocycles. The molecule has 4 heteroatoms. The van der Waals surface area contributed by atoms with E-state index >= 15 is 0 Å². The van der Waals surface area contributed by atoms with Crippen molar-refractivity contribution in [1.82, 2.24) is 4.98 Å². The fourth-order valence-electron chi connectivity index (χ4n) is 1.41. The minimum Gasteiger partial charge on any atom is -0.298 e. The van der Waals surface area contributed by atoms with E-state index in [1.165, 1.54) is 18.2 Å². The highest BCUT2D eigenvalue weighted by molar-refractivity contribution is 6.29. The molecule has 2 aromatic rings. The molecule has 0 aliphatic heterocycles. The number of aldehydes is 1. The zero-order valence-electron chi connectivity index (χ0n) is 8.15. The highest BCUT2D eigenvalue weighted by Gasteiger charge is 2.07. The van der Waals surface area contributed by atoms with E-state index in [2.05, 4.69) is 4.98 Å². The summed E-state index contributed by atoms with van der Waals surface area (Å²) in [5, 5.41) is 0.304. The summed E-state index contributed by atoms with van der Waals surface area (Å²) in [5.74, 6) is -0.414. The number of halogens is 2. The standard InChI is InChI=1S/C12H7ClFNO/c13-12-3-1-2-11(15-12)10-6-9(14)5-4-8(10)7-16/h1-7H. The molecule has 80 valence electrons. The largest absolute Gasteiger partial charge is 0.298 e. The van der Waals surface area contributed by atoms with E-state index in [4.69, 9.17) is 11.6 Å². The van der Waals surface area contributed by atoms with Gasteiger partial charge in [0, 0.05) is 11.1 Å². The van der Waals surface area contributed by atoms with Crippen molar-refractivity contribution in [2.45, 2.75) is 0 Å². The Kier molecular flexibility index (Phi) is 2.97. The molecule has 0 radical (unpaired) electrons. The molecule has 2 nitrogen and oxygen atoms in total. The van der Waals surface area contributed by atoms with Crippen LogP contribution < -0.4 is 0 Å². The zero-order valence-corrected chi connectivity index (χ0v) is 8.91. The molecule has 0 unspecified atom stereocenters. The van der Waals surface area contributed by atoms with Crippen LogP contribution in [-0.4, -0.2) is 11.3 Å². The van der Waals surface area contributed by atoms with E-state index < -0.39 is 5.82 Å². The Morgan fingerprint density at radius 1 is 1.25 bits per heavy atom. The van der Waals surface area contributed by atoms with Crippen LogP contribution in [0.3, 0.4) is 0 Å². The Morgan fingerprint density at radius 3 is 2.75 bits per heavy atom. The van der Waals surface area contributed by atoms with Crippen molar-refractivity contribution in [3.05, 3.63) is 52.9 Å². The lowest BCUT2D eigenvalue weighted by Gasteiger charge is -2.04. The summed E-state index contributed by atoms with van der Waals surface area (Å²) in [6, 6.07) is 8.91. The van der Waals surface area contributed by atoms with Crippen molar-refractivity contribution in [3.8, 4) is 11.3 Å². The zero-order chi connectivity index (χ0) is 11.5. The molecule has 0 bridgehead atoms. The van der Waals surface area contributed by atoms with Crippen LogP contribution in [0, 0.1) is 5.82 Å². The van der Waals surface area contributed by atoms with E-state index in [0.29, 0.717) is 28.3 Å². The fourth-order valence-corrected chi connectivity index (χ4v) is 1.58. The van der Waals surface area contributed by atoms with Crippen LogP contribution in [-0.2, 0) is 0 Å². The van der Waals surface area contributed by atoms with Gasteiger partial charge in [0.05, 0.1) is 5.69 Å². The first-order valence-corrected chi connectivity index (χ1v) is 4.96. The third kappa shape index (κ3) is 2.09. The lowest BCUT2D eigenvalue weighted by molar-refractivity contribution is 0.112. The van der Waals surface area contributed by atoms with Crippen LogP contribution in [0.25, 0.3) is 11.3 Å². The number of rotatable bonds is 2. The lowest BCUT2D eigenvalue weighted by atomic mass is 10.0. The number of hydrogen-bond acceptors (Lipinski definition) is 2. The first kappa shape index (κ1) is 10.8. The number of aromatic nitrogens is 1. The number of carbonyl (C=O) groups is 1. The minimum atomic E-state index is -0.414. The van der Waals surface area contributed by atoms with Crippen LogP contribution >= 0.6 is 11.6 Å². The van der Waals surface area contributed by atoms with E-state index in [-0.39, 0.29) is 0 Å². The average Bonchev–Trinajstić information content (AvgIpc) is 2.29. The molecule has 0 saturated heterocycles. The Bertz CT molecular complexity index is 542. The van der Waals surface area contributed by atoms with Gasteiger partial charge in [-0.1, -0.05) is 17.7 Å². The van der Waals surface area contributed by atoms with Gasteiger partial charge < -0.3 is 0 Å². The van der Waals surface area contributed by atoms with Crippen molar-refractivity contribution in [2.75, 3.05) is 0 Å². The SMILES string of the molecule is O=Cc1ccc(F)cc1-c1cccc(Cl)n1. The number of pyridine rings is 1. The molecule has 2 rings (SSSR count). The fraction of sp³-hybridized carbons (Fsp3) is 0. The van der Waals surface area contributed by atoms with Gasteiger partial charge in [0.2, 0.25) is 0 Å². The maximum absolute atomic E-state index is 13.1. The first-order valence-electron chi connectivity index (χ1n) is 4.58. The van der Waals surface area contributed by atoms with Crippen molar-refractivity contribution < 1.29 is 9.18 Å². The second kappa shape index (κ2) is 4.41. The van der Waals surface area contributed by atoms with Gasteiger partial charge in [-0.25, -0.2) is 9.37 Å². The van der Waals surface area contributed by atoms with Crippen LogP contribution in [0.4, 0.5) is 4.39 Å². The topological polar surface area (TPSA) is 30.0 Å². The van der Waals surface area contributed by atoms with Gasteiger partial charge in [0.25, 0.3) is 0 Å². The highest BCUT2D eigenvalue weighted by Crippen LogP contribution is 2.23. The van der Waals surface area contributed by atoms with Gasteiger partial charge in [-0.05, 0) is 30.3 Å². The Hall–Kier alpha value is -1.74. The van der Waals surface area contributed by atoms with Crippen molar-refractivity contribution in [3.63, 3.8) is 0 Å². The summed E-state index contributed by atoms with van der Waals surface area (Å²) in [5.41, 5.74) is 1.31. The van der Waals surface area contributed by atoms with Gasteiger partial charge in [-0.15, -0.1) is 0 Å². The van der Waals surface area contributed by atoms with E-state index in [1.54, 1.807) is 18.2 Å². The molecule has 0 aliphatic rings. The van der Waals surface area contributed by atoms with Gasteiger partial charge in [0.1, 0.15) is 11.0 Å². The molecule has 1 aromatic carbocycles. The third-order valence-corrected chi connectivity index (χ3v) is 2.34. The molecule has 0 aliphatic carbocycles. The average molecular weight is 236 g/mol. The second-order valence-corrected chi connectivity index (χ2v) is 3.58. The molecular weight excluding hydrogens is 229 g/mol. The maximum atomic E-state index is 13.1. The minimum absolute atomic E-state index is 0.304. The van der Waals surface area contributed by atoms with Crippen LogP contribution in [0.1, 0.15) is 10.4 Å². The van der Waals surface area contributed by atoms with Gasteiger partial charge >= 0.3 is 0 Å². The number of benzene rings is 1. The smallest absolute Gasteiger partial charge is 0.150 e. The summed E-state index contributed by atoms with van der Waals surface area (Å²) in [7, 11) is 0. The second-order valence-electron chi connectivity index (χ2n) is 3.19. The summed E-state index contributed by atoms with van der Waals surface area (Å²) >= 11 is 5.74. The Balaban J connectivity index is 2.62. The number of hydrogen-bond donors (Lipinski definition) is 0. The normalized spacial score (nSPS) is 10.1. The maximum Gasteiger partial charge on any atom is 0.150 e. The molecule has 0 N–H and O–H groups in total. The Morgan fingerprint density at radius 2 is 2.06 bits per heavy atom. The van der Waals surface area contributed by atoms with Crippen LogP contribution in [0.2, 0.25) is 5.15 Å². The van der Waals surface area contributed by atoms with Crippen molar-refractivity contribution in [1.29, 1.82) is 0 Å². The molecule has 16 heavy (non-hydrogen) atoms. The van der Waals surface area contributed by atoms with Crippen LogP contribution in [0.5, 0.6) is 0 Å². The molecule has 0 fully saturated rings. The third-order valence-electron chi connectivity index (χ3n) is 2.13. The molecule has 1 aromatic heterocycles. The van der Waals surface area contributed by atoms with E-state index in [1.807, 2.05) is 0 Å². The molecular formula is C12H7ClFNO. The van der Waals surface area contributed by atoms with E-state index in [0.717, 1.165) is 0 Å². The number of carbonyl (C=O) groups excluding carboxylic acids is 1. The predicted molar refractivity (Wildman–Crippen MR) is 60.0 cm³/mol. The quantitative estimate of drug-likeness (QED) is 0.590. The lowest BCUT2D eigenvalue weighted by Crippen LogP contribution is -1.91.